The van der Waals surface area contributed by atoms with Gasteiger partial charge >= 0.3 is 5.97 Å². The smallest absolute Gasteiger partial charge is 0.338 e. The van der Waals surface area contributed by atoms with Crippen LogP contribution in [0, 0.1) is 20.8 Å². The predicted molar refractivity (Wildman–Crippen MR) is 124 cm³/mol. The van der Waals surface area contributed by atoms with E-state index in [4.69, 9.17) is 4.74 Å². The summed E-state index contributed by atoms with van der Waals surface area (Å²) in [5, 5.41) is 6.31. The van der Waals surface area contributed by atoms with Crippen molar-refractivity contribution in [1.29, 1.82) is 0 Å². The van der Waals surface area contributed by atoms with Gasteiger partial charge in [-0.2, -0.15) is 0 Å². The zero-order valence-electron chi connectivity index (χ0n) is 19.2. The molecular weight excluding hydrogens is 440 g/mol. The number of amides is 4. The molecule has 0 spiro atoms. The maximum atomic E-state index is 12.2. The number of carbonyl (C=O) groups is 5. The molecule has 0 unspecified atom stereocenters. The number of benzene rings is 2. The number of esters is 1. The van der Waals surface area contributed by atoms with E-state index in [1.54, 1.807) is 0 Å². The lowest BCUT2D eigenvalue weighted by Gasteiger charge is -2.27. The molecule has 10 nitrogen and oxygen atoms in total. The summed E-state index contributed by atoms with van der Waals surface area (Å²) in [4.78, 5) is 59.8. The largest absolute Gasteiger partial charge is 0.452 e. The van der Waals surface area contributed by atoms with Gasteiger partial charge in [0, 0.05) is 18.5 Å². The van der Waals surface area contributed by atoms with E-state index in [0.29, 0.717) is 11.4 Å². The van der Waals surface area contributed by atoms with Gasteiger partial charge < -0.3 is 15.4 Å². The van der Waals surface area contributed by atoms with Crippen LogP contribution in [0.5, 0.6) is 0 Å². The molecule has 2 aromatic rings. The van der Waals surface area contributed by atoms with Gasteiger partial charge in [-0.05, 0) is 56.2 Å². The Labute approximate surface area is 196 Å². The third kappa shape index (κ3) is 6.18. The van der Waals surface area contributed by atoms with Gasteiger partial charge in [0.2, 0.25) is 17.7 Å². The van der Waals surface area contributed by atoms with Gasteiger partial charge in [-0.1, -0.05) is 17.7 Å². The van der Waals surface area contributed by atoms with Crippen molar-refractivity contribution < 1.29 is 28.7 Å². The summed E-state index contributed by atoms with van der Waals surface area (Å²) in [5.41, 5.74) is 6.65. The van der Waals surface area contributed by atoms with Crippen LogP contribution in [-0.4, -0.2) is 42.7 Å². The van der Waals surface area contributed by atoms with Crippen molar-refractivity contribution in [2.24, 2.45) is 0 Å². The Bertz CT molecular complexity index is 1120. The highest BCUT2D eigenvalue weighted by Crippen LogP contribution is 2.21. The highest BCUT2D eigenvalue weighted by molar-refractivity contribution is 6.01. The minimum atomic E-state index is -0.744. The Hall–Kier alpha value is -4.21. The number of ether oxygens (including phenoxy) is 1. The maximum Gasteiger partial charge on any atom is 0.338 e. The van der Waals surface area contributed by atoms with Crippen LogP contribution in [0.2, 0.25) is 0 Å². The van der Waals surface area contributed by atoms with Crippen LogP contribution in [0.3, 0.4) is 0 Å². The molecule has 1 heterocycles. The van der Waals surface area contributed by atoms with Gasteiger partial charge in [-0.3, -0.25) is 24.6 Å². The monoisotopic (exact) mass is 466 g/mol. The van der Waals surface area contributed by atoms with Crippen molar-refractivity contribution in [3.8, 4) is 0 Å². The number of hydrogen-bond acceptors (Lipinski definition) is 6. The normalized spacial score (nSPS) is 13.2. The SMILES string of the molecule is Cc1cc(C)c(NC(=O)CNC(=O)COC(=O)c2ccc(N3NC(=O)CCC3=O)cc2)c(C)c1. The summed E-state index contributed by atoms with van der Waals surface area (Å²) >= 11 is 0. The maximum absolute atomic E-state index is 12.2. The average molecular weight is 466 g/mol. The van der Waals surface area contributed by atoms with Crippen LogP contribution >= 0.6 is 0 Å². The van der Waals surface area contributed by atoms with Gasteiger partial charge in [0.15, 0.2) is 6.61 Å². The van der Waals surface area contributed by atoms with Crippen LogP contribution in [0.25, 0.3) is 0 Å². The third-order valence-corrected chi connectivity index (χ3v) is 5.13. The fourth-order valence-corrected chi connectivity index (χ4v) is 3.54. The second kappa shape index (κ2) is 10.6. The molecule has 4 amide bonds. The van der Waals surface area contributed by atoms with Crippen molar-refractivity contribution in [2.45, 2.75) is 33.6 Å². The van der Waals surface area contributed by atoms with Crippen LogP contribution in [0.4, 0.5) is 11.4 Å². The zero-order valence-corrected chi connectivity index (χ0v) is 19.2. The minimum Gasteiger partial charge on any atom is -0.452 e. The van der Waals surface area contributed by atoms with E-state index in [9.17, 15) is 24.0 Å². The van der Waals surface area contributed by atoms with Gasteiger partial charge in [0.05, 0.1) is 17.8 Å². The van der Waals surface area contributed by atoms with E-state index in [2.05, 4.69) is 16.1 Å². The van der Waals surface area contributed by atoms with E-state index < -0.39 is 24.4 Å². The predicted octanol–water partition coefficient (Wildman–Crippen LogP) is 1.68. The molecule has 1 aliphatic heterocycles. The Morgan fingerprint density at radius 3 is 2.26 bits per heavy atom. The fraction of sp³-hybridized carbons (Fsp3) is 0.292. The molecule has 0 saturated carbocycles. The molecule has 3 rings (SSSR count). The van der Waals surface area contributed by atoms with Crippen molar-refractivity contribution in [2.75, 3.05) is 23.5 Å². The molecule has 1 aliphatic rings. The van der Waals surface area contributed by atoms with E-state index >= 15 is 0 Å². The number of anilines is 2. The molecule has 0 bridgehead atoms. The number of hydrazine groups is 1. The molecular formula is C24H26N4O6. The first-order chi connectivity index (χ1) is 16.1. The standard InChI is InChI=1S/C24H26N4O6/c1-14-10-15(2)23(16(3)11-14)26-20(30)12-25-21(31)13-34-24(33)17-4-6-18(7-5-17)28-22(32)9-8-19(29)27-28/h4-7,10-11H,8-9,12-13H2,1-3H3,(H,25,31)(H,26,30)(H,27,29). The number of nitrogens with one attached hydrogen (secondary N) is 3. The second-order valence-electron chi connectivity index (χ2n) is 7.99. The summed E-state index contributed by atoms with van der Waals surface area (Å²) in [5.74, 6) is -2.30. The van der Waals surface area contributed by atoms with E-state index in [-0.39, 0.29) is 36.8 Å². The first-order valence-electron chi connectivity index (χ1n) is 10.7. The third-order valence-electron chi connectivity index (χ3n) is 5.13. The van der Waals surface area contributed by atoms with Gasteiger partial charge in [-0.15, -0.1) is 0 Å². The number of hydrogen-bond donors (Lipinski definition) is 3. The van der Waals surface area contributed by atoms with Gasteiger partial charge in [0.25, 0.3) is 5.91 Å². The summed E-state index contributed by atoms with van der Waals surface area (Å²) in [6.45, 7) is 4.92. The lowest BCUT2D eigenvalue weighted by molar-refractivity contribution is -0.130. The highest BCUT2D eigenvalue weighted by atomic mass is 16.5. The molecule has 1 fully saturated rings. The Kier molecular flexibility index (Phi) is 7.62. The number of rotatable bonds is 7. The summed E-state index contributed by atoms with van der Waals surface area (Å²) in [7, 11) is 0. The van der Waals surface area contributed by atoms with E-state index in [0.717, 1.165) is 21.7 Å². The topological polar surface area (TPSA) is 134 Å². The molecule has 3 N–H and O–H groups in total. The van der Waals surface area contributed by atoms with Crippen LogP contribution in [0.1, 0.15) is 39.9 Å². The summed E-state index contributed by atoms with van der Waals surface area (Å²) in [6, 6.07) is 9.72. The van der Waals surface area contributed by atoms with E-state index in [1.165, 1.54) is 24.3 Å². The van der Waals surface area contributed by atoms with Crippen LogP contribution in [0.15, 0.2) is 36.4 Å². The van der Waals surface area contributed by atoms with Crippen molar-refractivity contribution in [3.05, 3.63) is 58.7 Å². The quantitative estimate of drug-likeness (QED) is 0.532. The summed E-state index contributed by atoms with van der Waals surface area (Å²) in [6.07, 6.45) is 0.238. The molecule has 10 heteroatoms. The Morgan fingerprint density at radius 2 is 1.62 bits per heavy atom. The molecule has 0 atom stereocenters. The van der Waals surface area contributed by atoms with Crippen LogP contribution in [-0.2, 0) is 23.9 Å². The molecule has 2 aromatic carbocycles. The lowest BCUT2D eigenvalue weighted by Crippen LogP contribution is -2.50. The van der Waals surface area contributed by atoms with Crippen molar-refractivity contribution >= 4 is 41.0 Å². The number of nitrogens with zero attached hydrogens (tertiary/aromatic N) is 1. The molecule has 34 heavy (non-hydrogen) atoms. The van der Waals surface area contributed by atoms with Gasteiger partial charge in [-0.25, -0.2) is 9.80 Å². The number of aryl methyl sites for hydroxylation is 3. The average Bonchev–Trinajstić information content (AvgIpc) is 2.80. The highest BCUT2D eigenvalue weighted by Gasteiger charge is 2.24. The van der Waals surface area contributed by atoms with Crippen LogP contribution < -0.4 is 21.1 Å². The van der Waals surface area contributed by atoms with E-state index in [1.807, 2.05) is 32.9 Å². The molecule has 0 aromatic heterocycles. The summed E-state index contributed by atoms with van der Waals surface area (Å²) < 4.78 is 4.98. The second-order valence-corrected chi connectivity index (χ2v) is 7.99. The number of carbonyl (C=O) groups excluding carboxylic acids is 5. The molecule has 178 valence electrons. The zero-order chi connectivity index (χ0) is 24.8. The first-order valence-corrected chi connectivity index (χ1v) is 10.7. The molecule has 1 saturated heterocycles. The first kappa shape index (κ1) is 24.4. The lowest BCUT2D eigenvalue weighted by atomic mass is 10.1. The van der Waals surface area contributed by atoms with Gasteiger partial charge in [0.1, 0.15) is 0 Å². The van der Waals surface area contributed by atoms with Crippen molar-refractivity contribution in [1.82, 2.24) is 10.7 Å². The van der Waals surface area contributed by atoms with Crippen molar-refractivity contribution in [3.63, 3.8) is 0 Å². The minimum absolute atomic E-state index is 0.104. The Morgan fingerprint density at radius 1 is 0.971 bits per heavy atom. The fourth-order valence-electron chi connectivity index (χ4n) is 3.54. The molecule has 0 radical (unpaired) electrons. The molecule has 0 aliphatic carbocycles. The Balaban J connectivity index is 1.46.